The quantitative estimate of drug-likeness (QED) is 0.547. The summed E-state index contributed by atoms with van der Waals surface area (Å²) in [5.41, 5.74) is -3.03. The maximum atomic E-state index is 12.9. The molecule has 1 aliphatic rings. The van der Waals surface area contributed by atoms with Crippen molar-refractivity contribution in [2.45, 2.75) is 19.0 Å². The summed E-state index contributed by atoms with van der Waals surface area (Å²) in [6, 6.07) is 1.22. The van der Waals surface area contributed by atoms with Gasteiger partial charge in [-0.15, -0.1) is 0 Å². The summed E-state index contributed by atoms with van der Waals surface area (Å²) >= 11 is 5.65. The van der Waals surface area contributed by atoms with E-state index in [4.69, 9.17) is 16.3 Å². The zero-order valence-electron chi connectivity index (χ0n) is 14.3. The van der Waals surface area contributed by atoms with Crippen LogP contribution in [0.5, 0.6) is 0 Å². The number of hydrogen-bond acceptors (Lipinski definition) is 6. The van der Waals surface area contributed by atoms with Crippen molar-refractivity contribution in [2.24, 2.45) is 5.41 Å². The second-order valence-electron chi connectivity index (χ2n) is 6.64. The fourth-order valence-corrected chi connectivity index (χ4v) is 4.86. The van der Waals surface area contributed by atoms with E-state index in [-0.39, 0.29) is 18.0 Å². The average molecular weight is 431 g/mol. The van der Waals surface area contributed by atoms with E-state index in [1.807, 2.05) is 0 Å². The SMILES string of the molecule is CS(=O)(=O)CC1(CNc2cc(Cl)c(C(F)(F)F)cc2[N+](=O)[O-])CCOCC1. The number of nitrogens with one attached hydrogen (secondary N) is 1. The summed E-state index contributed by atoms with van der Waals surface area (Å²) in [6.07, 6.45) is -2.95. The first-order valence-corrected chi connectivity index (χ1v) is 10.3. The lowest BCUT2D eigenvalue weighted by Gasteiger charge is -2.37. The van der Waals surface area contributed by atoms with E-state index in [1.165, 1.54) is 0 Å². The van der Waals surface area contributed by atoms with Crippen molar-refractivity contribution in [3.05, 3.63) is 32.8 Å². The summed E-state index contributed by atoms with van der Waals surface area (Å²) in [7, 11) is -3.35. The molecule has 152 valence electrons. The zero-order valence-corrected chi connectivity index (χ0v) is 15.9. The fourth-order valence-electron chi connectivity index (χ4n) is 3.09. The van der Waals surface area contributed by atoms with Gasteiger partial charge in [0, 0.05) is 37.5 Å². The van der Waals surface area contributed by atoms with Crippen LogP contribution in [0.1, 0.15) is 18.4 Å². The molecule has 7 nitrogen and oxygen atoms in total. The molecular formula is C15H18ClF3N2O5S. The van der Waals surface area contributed by atoms with Crippen molar-refractivity contribution in [3.63, 3.8) is 0 Å². The molecule has 2 rings (SSSR count). The average Bonchev–Trinajstić information content (AvgIpc) is 2.50. The molecule has 0 aromatic heterocycles. The van der Waals surface area contributed by atoms with E-state index in [9.17, 15) is 31.7 Å². The first kappa shape index (κ1) is 21.7. The molecular weight excluding hydrogens is 413 g/mol. The molecule has 0 unspecified atom stereocenters. The third kappa shape index (κ3) is 5.69. The van der Waals surface area contributed by atoms with Crippen molar-refractivity contribution < 1.29 is 31.2 Å². The largest absolute Gasteiger partial charge is 0.418 e. The van der Waals surface area contributed by atoms with Gasteiger partial charge in [0.15, 0.2) is 0 Å². The number of nitro benzene ring substituents is 1. The minimum Gasteiger partial charge on any atom is -0.381 e. The Labute approximate surface area is 158 Å². The Morgan fingerprint density at radius 1 is 1.33 bits per heavy atom. The molecule has 0 aliphatic carbocycles. The second kappa shape index (κ2) is 7.80. The van der Waals surface area contributed by atoms with Crippen molar-refractivity contribution in [2.75, 3.05) is 37.1 Å². The summed E-state index contributed by atoms with van der Waals surface area (Å²) in [4.78, 5) is 10.3. The van der Waals surface area contributed by atoms with Crippen LogP contribution in [0.3, 0.4) is 0 Å². The van der Waals surface area contributed by atoms with Crippen LogP contribution in [0.25, 0.3) is 0 Å². The molecule has 1 saturated heterocycles. The van der Waals surface area contributed by atoms with E-state index in [1.54, 1.807) is 0 Å². The van der Waals surface area contributed by atoms with Crippen molar-refractivity contribution >= 4 is 32.8 Å². The normalized spacial score (nSPS) is 17.5. The van der Waals surface area contributed by atoms with Gasteiger partial charge in [-0.1, -0.05) is 11.6 Å². The van der Waals surface area contributed by atoms with Gasteiger partial charge >= 0.3 is 6.18 Å². The summed E-state index contributed by atoms with van der Waals surface area (Å²) in [6.45, 7) is 0.673. The van der Waals surface area contributed by atoms with E-state index in [2.05, 4.69) is 5.32 Å². The van der Waals surface area contributed by atoms with Crippen LogP contribution in [0.15, 0.2) is 12.1 Å². The molecule has 27 heavy (non-hydrogen) atoms. The number of nitro groups is 1. The Bertz CT molecular complexity index is 823. The molecule has 0 radical (unpaired) electrons. The van der Waals surface area contributed by atoms with Crippen LogP contribution in [0.4, 0.5) is 24.5 Å². The maximum absolute atomic E-state index is 12.9. The predicted molar refractivity (Wildman–Crippen MR) is 93.8 cm³/mol. The van der Waals surface area contributed by atoms with Crippen molar-refractivity contribution in [3.8, 4) is 0 Å². The summed E-state index contributed by atoms with van der Waals surface area (Å²) in [5.74, 6) is -0.168. The lowest BCUT2D eigenvalue weighted by Crippen LogP contribution is -2.41. The standard InChI is InChI=1S/C15H18ClF3N2O5S/c1-27(24,25)9-14(2-4-26-5-3-14)8-20-12-7-11(16)10(15(17,18)19)6-13(12)21(22)23/h6-7,20H,2-5,8-9H2,1H3. The molecule has 0 spiro atoms. The smallest absolute Gasteiger partial charge is 0.381 e. The van der Waals surface area contributed by atoms with Gasteiger partial charge in [-0.2, -0.15) is 13.2 Å². The zero-order chi connectivity index (χ0) is 20.5. The highest BCUT2D eigenvalue weighted by Gasteiger charge is 2.38. The number of anilines is 1. The van der Waals surface area contributed by atoms with Crippen molar-refractivity contribution in [1.29, 1.82) is 0 Å². The van der Waals surface area contributed by atoms with Crippen LogP contribution in [0, 0.1) is 15.5 Å². The van der Waals surface area contributed by atoms with Gasteiger partial charge in [-0.25, -0.2) is 8.42 Å². The first-order valence-electron chi connectivity index (χ1n) is 7.87. The third-order valence-corrected chi connectivity index (χ3v) is 5.81. The van der Waals surface area contributed by atoms with Crippen molar-refractivity contribution in [1.82, 2.24) is 0 Å². The highest BCUT2D eigenvalue weighted by molar-refractivity contribution is 7.90. The Hall–Kier alpha value is -1.59. The van der Waals surface area contributed by atoms with Crippen LogP contribution in [-0.4, -0.2) is 45.1 Å². The van der Waals surface area contributed by atoms with E-state index < -0.39 is 42.6 Å². The lowest BCUT2D eigenvalue weighted by atomic mass is 9.82. The number of hydrogen-bond donors (Lipinski definition) is 1. The molecule has 1 aromatic carbocycles. The van der Waals surface area contributed by atoms with Crippen LogP contribution in [0.2, 0.25) is 5.02 Å². The second-order valence-corrected chi connectivity index (χ2v) is 9.19. The van der Waals surface area contributed by atoms with Gasteiger partial charge in [0.05, 0.1) is 21.3 Å². The molecule has 0 bridgehead atoms. The lowest BCUT2D eigenvalue weighted by molar-refractivity contribution is -0.384. The van der Waals surface area contributed by atoms with Gasteiger partial charge in [-0.05, 0) is 18.9 Å². The number of halogens is 4. The maximum Gasteiger partial charge on any atom is 0.418 e. The van der Waals surface area contributed by atoms with E-state index >= 15 is 0 Å². The predicted octanol–water partition coefficient (Wildman–Crippen LogP) is 3.52. The molecule has 0 saturated carbocycles. The van der Waals surface area contributed by atoms with Crippen LogP contribution in [-0.2, 0) is 20.8 Å². The molecule has 1 aliphatic heterocycles. The summed E-state index contributed by atoms with van der Waals surface area (Å²) < 4.78 is 67.6. The monoisotopic (exact) mass is 430 g/mol. The van der Waals surface area contributed by atoms with Gasteiger partial charge in [-0.3, -0.25) is 10.1 Å². The number of sulfone groups is 1. The molecule has 0 amide bonds. The number of rotatable bonds is 6. The fraction of sp³-hybridized carbons (Fsp3) is 0.600. The topological polar surface area (TPSA) is 98.5 Å². The van der Waals surface area contributed by atoms with E-state index in [0.29, 0.717) is 32.1 Å². The molecule has 0 atom stereocenters. The Morgan fingerprint density at radius 3 is 2.41 bits per heavy atom. The molecule has 12 heteroatoms. The van der Waals surface area contributed by atoms with Gasteiger partial charge in [0.1, 0.15) is 15.5 Å². The Balaban J connectivity index is 2.34. The highest BCUT2D eigenvalue weighted by atomic mass is 35.5. The number of ether oxygens (including phenoxy) is 1. The van der Waals surface area contributed by atoms with E-state index in [0.717, 1.165) is 12.3 Å². The molecule has 1 heterocycles. The van der Waals surface area contributed by atoms with Gasteiger partial charge in [0.2, 0.25) is 0 Å². The minimum atomic E-state index is -4.83. The molecule has 1 aromatic rings. The number of alkyl halides is 3. The highest BCUT2D eigenvalue weighted by Crippen LogP contribution is 2.41. The Kier molecular flexibility index (Phi) is 6.27. The van der Waals surface area contributed by atoms with Gasteiger partial charge in [0.25, 0.3) is 5.69 Å². The van der Waals surface area contributed by atoms with Crippen LogP contribution < -0.4 is 5.32 Å². The number of nitrogens with zero attached hydrogens (tertiary/aromatic N) is 1. The minimum absolute atomic E-state index is 0.0198. The summed E-state index contributed by atoms with van der Waals surface area (Å²) in [5, 5.41) is 13.3. The third-order valence-electron chi connectivity index (χ3n) is 4.36. The van der Waals surface area contributed by atoms with Gasteiger partial charge < -0.3 is 10.1 Å². The number of benzene rings is 1. The van der Waals surface area contributed by atoms with Crippen LogP contribution >= 0.6 is 11.6 Å². The molecule has 1 fully saturated rings. The molecule has 1 N–H and O–H groups in total. The Morgan fingerprint density at radius 2 is 1.93 bits per heavy atom. The first-order chi connectivity index (χ1) is 12.3.